The van der Waals surface area contributed by atoms with E-state index in [4.69, 9.17) is 0 Å². The number of aromatic nitrogens is 3. The van der Waals surface area contributed by atoms with Crippen LogP contribution in [0.1, 0.15) is 16.7 Å². The fourth-order valence-corrected chi connectivity index (χ4v) is 3.62. The molecule has 0 saturated carbocycles. The second-order valence-corrected chi connectivity index (χ2v) is 7.77. The maximum absolute atomic E-state index is 12.9. The number of benzene rings is 2. The van der Waals surface area contributed by atoms with E-state index in [1.54, 1.807) is 35.4 Å². The number of nitrogens with one attached hydrogen (secondary N) is 2. The number of rotatable bonds is 6. The van der Waals surface area contributed by atoms with Crippen LogP contribution < -0.4 is 10.6 Å². The number of anilines is 2. The van der Waals surface area contributed by atoms with Gasteiger partial charge < -0.3 is 10.6 Å². The third-order valence-corrected chi connectivity index (χ3v) is 5.34. The zero-order valence-electron chi connectivity index (χ0n) is 18.5. The second kappa shape index (κ2) is 9.38. The van der Waals surface area contributed by atoms with E-state index < -0.39 is 17.6 Å². The van der Waals surface area contributed by atoms with Crippen LogP contribution in [-0.2, 0) is 17.4 Å². The van der Waals surface area contributed by atoms with Gasteiger partial charge in [-0.1, -0.05) is 24.3 Å². The van der Waals surface area contributed by atoms with Crippen LogP contribution in [0.3, 0.4) is 0 Å². The summed E-state index contributed by atoms with van der Waals surface area (Å²) in [5.41, 5.74) is 4.42. The van der Waals surface area contributed by atoms with Crippen LogP contribution in [0.4, 0.5) is 24.5 Å². The van der Waals surface area contributed by atoms with Crippen molar-refractivity contribution >= 4 is 17.3 Å². The lowest BCUT2D eigenvalue weighted by Crippen LogP contribution is -2.15. The standard InChI is InChI=1S/C25H22F3N5O/c1-16-6-7-20(32-24(34)11-17-4-3-5-19(10-17)25(26,27)28)12-23(16)33-15-18(13-31-33)21-14-30-9-8-22(21)29-2/h3-10,12-15H,11H2,1-2H3,(H,29,30)(H,32,34). The molecule has 0 aliphatic heterocycles. The molecule has 0 aliphatic rings. The number of hydrogen-bond acceptors (Lipinski definition) is 4. The van der Waals surface area contributed by atoms with Crippen LogP contribution in [0.2, 0.25) is 0 Å². The van der Waals surface area contributed by atoms with Gasteiger partial charge in [0.1, 0.15) is 0 Å². The van der Waals surface area contributed by atoms with Crippen molar-refractivity contribution in [3.8, 4) is 16.8 Å². The molecule has 0 spiro atoms. The van der Waals surface area contributed by atoms with Crippen molar-refractivity contribution in [2.75, 3.05) is 17.7 Å². The molecule has 0 bridgehead atoms. The Labute approximate surface area is 194 Å². The Morgan fingerprint density at radius 2 is 1.91 bits per heavy atom. The van der Waals surface area contributed by atoms with Gasteiger partial charge in [0.05, 0.1) is 23.9 Å². The molecule has 2 aromatic heterocycles. The molecule has 174 valence electrons. The average Bonchev–Trinajstić information content (AvgIpc) is 3.30. The van der Waals surface area contributed by atoms with Crippen molar-refractivity contribution in [1.82, 2.24) is 14.8 Å². The van der Waals surface area contributed by atoms with Gasteiger partial charge in [0, 0.05) is 48.1 Å². The normalized spacial score (nSPS) is 11.3. The smallest absolute Gasteiger partial charge is 0.388 e. The lowest BCUT2D eigenvalue weighted by atomic mass is 10.1. The van der Waals surface area contributed by atoms with Crippen molar-refractivity contribution in [2.24, 2.45) is 0 Å². The molecule has 2 N–H and O–H groups in total. The van der Waals surface area contributed by atoms with Crippen LogP contribution in [0, 0.1) is 6.92 Å². The third-order valence-electron chi connectivity index (χ3n) is 5.34. The van der Waals surface area contributed by atoms with Crippen molar-refractivity contribution in [1.29, 1.82) is 0 Å². The lowest BCUT2D eigenvalue weighted by molar-refractivity contribution is -0.137. The Morgan fingerprint density at radius 1 is 1.09 bits per heavy atom. The van der Waals surface area contributed by atoms with E-state index in [0.717, 1.165) is 40.2 Å². The fourth-order valence-electron chi connectivity index (χ4n) is 3.62. The molecule has 6 nitrogen and oxygen atoms in total. The number of hydrogen-bond donors (Lipinski definition) is 2. The van der Waals surface area contributed by atoms with Gasteiger partial charge in [-0.3, -0.25) is 9.78 Å². The van der Waals surface area contributed by atoms with Gasteiger partial charge in [0.15, 0.2) is 0 Å². The Morgan fingerprint density at radius 3 is 2.68 bits per heavy atom. The number of aryl methyl sites for hydroxylation is 1. The SMILES string of the molecule is CNc1ccncc1-c1cnn(-c2cc(NC(=O)Cc3cccc(C(F)(F)F)c3)ccc2C)c1. The highest BCUT2D eigenvalue weighted by molar-refractivity contribution is 5.92. The van der Waals surface area contributed by atoms with E-state index in [1.807, 2.05) is 32.3 Å². The van der Waals surface area contributed by atoms with Crippen molar-refractivity contribution in [2.45, 2.75) is 19.5 Å². The van der Waals surface area contributed by atoms with Gasteiger partial charge in [-0.2, -0.15) is 18.3 Å². The van der Waals surface area contributed by atoms with Gasteiger partial charge in [-0.25, -0.2) is 4.68 Å². The Balaban J connectivity index is 1.53. The predicted molar refractivity (Wildman–Crippen MR) is 125 cm³/mol. The lowest BCUT2D eigenvalue weighted by Gasteiger charge is -2.11. The summed E-state index contributed by atoms with van der Waals surface area (Å²) < 4.78 is 40.5. The minimum Gasteiger partial charge on any atom is -0.388 e. The highest BCUT2D eigenvalue weighted by Crippen LogP contribution is 2.30. The zero-order valence-corrected chi connectivity index (χ0v) is 18.5. The summed E-state index contributed by atoms with van der Waals surface area (Å²) in [5, 5.41) is 10.4. The van der Waals surface area contributed by atoms with Gasteiger partial charge in [0.2, 0.25) is 5.91 Å². The number of alkyl halides is 3. The van der Waals surface area contributed by atoms with Gasteiger partial charge in [0.25, 0.3) is 0 Å². The molecule has 0 saturated heterocycles. The summed E-state index contributed by atoms with van der Waals surface area (Å²) in [7, 11) is 1.83. The molecule has 2 aromatic carbocycles. The number of halogens is 3. The zero-order chi connectivity index (χ0) is 24.3. The Bertz CT molecular complexity index is 1330. The van der Waals surface area contributed by atoms with E-state index >= 15 is 0 Å². The summed E-state index contributed by atoms with van der Waals surface area (Å²) >= 11 is 0. The monoisotopic (exact) mass is 465 g/mol. The highest BCUT2D eigenvalue weighted by atomic mass is 19.4. The summed E-state index contributed by atoms with van der Waals surface area (Å²) in [6.07, 6.45) is 2.43. The van der Waals surface area contributed by atoms with E-state index in [0.29, 0.717) is 5.69 Å². The minimum absolute atomic E-state index is 0.174. The predicted octanol–water partition coefficient (Wildman–Crippen LogP) is 5.48. The van der Waals surface area contributed by atoms with Gasteiger partial charge in [-0.05, 0) is 42.3 Å². The summed E-state index contributed by atoms with van der Waals surface area (Å²) in [4.78, 5) is 16.7. The van der Waals surface area contributed by atoms with E-state index in [-0.39, 0.29) is 12.0 Å². The molecule has 0 atom stereocenters. The summed E-state index contributed by atoms with van der Waals surface area (Å²) in [6.45, 7) is 1.92. The number of pyridine rings is 1. The quantitative estimate of drug-likeness (QED) is 0.395. The molecule has 0 fully saturated rings. The molecule has 1 amide bonds. The number of amides is 1. The highest BCUT2D eigenvalue weighted by Gasteiger charge is 2.30. The van der Waals surface area contributed by atoms with Crippen LogP contribution in [0.25, 0.3) is 16.8 Å². The first-order chi connectivity index (χ1) is 16.2. The van der Waals surface area contributed by atoms with E-state index in [9.17, 15) is 18.0 Å². The Kier molecular flexibility index (Phi) is 6.36. The first kappa shape index (κ1) is 23.0. The molecule has 4 rings (SSSR count). The maximum atomic E-state index is 12.9. The number of nitrogens with zero attached hydrogens (tertiary/aromatic N) is 3. The topological polar surface area (TPSA) is 71.8 Å². The van der Waals surface area contributed by atoms with Crippen LogP contribution in [-0.4, -0.2) is 27.7 Å². The van der Waals surface area contributed by atoms with Gasteiger partial charge >= 0.3 is 6.18 Å². The van der Waals surface area contributed by atoms with Crippen LogP contribution >= 0.6 is 0 Å². The summed E-state index contributed by atoms with van der Waals surface area (Å²) in [6, 6.07) is 12.0. The molecule has 0 radical (unpaired) electrons. The second-order valence-electron chi connectivity index (χ2n) is 7.77. The average molecular weight is 465 g/mol. The molecule has 0 unspecified atom stereocenters. The Hall–Kier alpha value is -4.14. The van der Waals surface area contributed by atoms with E-state index in [1.165, 1.54) is 12.1 Å². The van der Waals surface area contributed by atoms with E-state index in [2.05, 4.69) is 20.7 Å². The number of carbonyl (C=O) groups excluding carboxylic acids is 1. The fraction of sp³-hybridized carbons (Fsp3) is 0.160. The summed E-state index contributed by atoms with van der Waals surface area (Å²) in [5.74, 6) is -0.413. The van der Waals surface area contributed by atoms with Crippen molar-refractivity contribution in [3.63, 3.8) is 0 Å². The van der Waals surface area contributed by atoms with Crippen LogP contribution in [0.15, 0.2) is 73.3 Å². The number of carbonyl (C=O) groups is 1. The first-order valence-electron chi connectivity index (χ1n) is 10.5. The van der Waals surface area contributed by atoms with Crippen LogP contribution in [0.5, 0.6) is 0 Å². The molecule has 2 heterocycles. The molecule has 9 heteroatoms. The largest absolute Gasteiger partial charge is 0.416 e. The molecule has 0 aliphatic carbocycles. The van der Waals surface area contributed by atoms with Gasteiger partial charge in [-0.15, -0.1) is 0 Å². The van der Waals surface area contributed by atoms with Crippen molar-refractivity contribution < 1.29 is 18.0 Å². The van der Waals surface area contributed by atoms with Crippen molar-refractivity contribution in [3.05, 3.63) is 90.0 Å². The molecular weight excluding hydrogens is 443 g/mol. The third kappa shape index (κ3) is 5.09. The molecular formula is C25H22F3N5O. The minimum atomic E-state index is -4.45. The first-order valence-corrected chi connectivity index (χ1v) is 10.5. The molecule has 34 heavy (non-hydrogen) atoms. The molecule has 4 aromatic rings. The maximum Gasteiger partial charge on any atom is 0.416 e.